The molecule has 106 valence electrons. The lowest BCUT2D eigenvalue weighted by molar-refractivity contribution is 0.0295. The smallest absolute Gasteiger partial charge is 0.123 e. The fourth-order valence-corrected chi connectivity index (χ4v) is 2.07. The molecule has 2 nitrogen and oxygen atoms in total. The second kappa shape index (κ2) is 7.78. The van der Waals surface area contributed by atoms with E-state index in [4.69, 9.17) is 9.84 Å². The molecular formula is C17H19FO2. The van der Waals surface area contributed by atoms with Crippen LogP contribution in [0, 0.1) is 5.82 Å². The Labute approximate surface area is 118 Å². The molecule has 0 amide bonds. The summed E-state index contributed by atoms with van der Waals surface area (Å²) in [4.78, 5) is 0. The number of aliphatic hydroxyl groups excluding tert-OH is 1. The van der Waals surface area contributed by atoms with Crippen LogP contribution in [-0.2, 0) is 11.3 Å². The van der Waals surface area contributed by atoms with Crippen LogP contribution in [0.2, 0.25) is 0 Å². The van der Waals surface area contributed by atoms with Gasteiger partial charge in [-0.3, -0.25) is 0 Å². The van der Waals surface area contributed by atoms with E-state index in [-0.39, 0.29) is 18.5 Å². The molecule has 1 N–H and O–H groups in total. The highest BCUT2D eigenvalue weighted by Crippen LogP contribution is 2.24. The zero-order valence-electron chi connectivity index (χ0n) is 11.3. The molecule has 0 aliphatic rings. The summed E-state index contributed by atoms with van der Waals surface area (Å²) in [6.07, 6.45) is 1.42. The largest absolute Gasteiger partial charge is 0.396 e. The zero-order valence-corrected chi connectivity index (χ0v) is 11.3. The number of halogens is 1. The Balaban J connectivity index is 1.99. The van der Waals surface area contributed by atoms with E-state index >= 15 is 0 Å². The van der Waals surface area contributed by atoms with Crippen LogP contribution < -0.4 is 0 Å². The lowest BCUT2D eigenvalue weighted by Gasteiger charge is -2.18. The number of hydrogen-bond donors (Lipinski definition) is 1. The highest BCUT2D eigenvalue weighted by atomic mass is 19.1. The number of benzene rings is 2. The van der Waals surface area contributed by atoms with Gasteiger partial charge in [0.05, 0.1) is 12.7 Å². The van der Waals surface area contributed by atoms with Crippen LogP contribution >= 0.6 is 0 Å². The molecule has 2 aromatic carbocycles. The van der Waals surface area contributed by atoms with Crippen LogP contribution in [0.3, 0.4) is 0 Å². The summed E-state index contributed by atoms with van der Waals surface area (Å²) in [7, 11) is 0. The molecule has 1 unspecified atom stereocenters. The maximum absolute atomic E-state index is 12.8. The molecule has 0 saturated heterocycles. The minimum absolute atomic E-state index is 0.0478. The summed E-state index contributed by atoms with van der Waals surface area (Å²) in [5.74, 6) is -0.242. The third-order valence-corrected chi connectivity index (χ3v) is 3.16. The molecule has 0 aliphatic heterocycles. The Hall–Kier alpha value is -1.71. The standard InChI is InChI=1S/C17H19FO2/c18-16-10-8-14(9-11-16)13-20-17(7-4-12-19)15-5-2-1-3-6-15/h1-3,5-6,8-11,17,19H,4,7,12-13H2. The quantitative estimate of drug-likeness (QED) is 0.831. The van der Waals surface area contributed by atoms with Gasteiger partial charge in [0, 0.05) is 6.61 Å². The zero-order chi connectivity index (χ0) is 14.2. The van der Waals surface area contributed by atoms with E-state index in [0.717, 1.165) is 17.5 Å². The van der Waals surface area contributed by atoms with Gasteiger partial charge in [-0.25, -0.2) is 4.39 Å². The van der Waals surface area contributed by atoms with E-state index in [2.05, 4.69) is 0 Å². The van der Waals surface area contributed by atoms with Gasteiger partial charge in [0.2, 0.25) is 0 Å². The first-order valence-corrected chi connectivity index (χ1v) is 6.81. The highest BCUT2D eigenvalue weighted by Gasteiger charge is 2.11. The predicted molar refractivity (Wildman–Crippen MR) is 76.7 cm³/mol. The van der Waals surface area contributed by atoms with Gasteiger partial charge in [-0.15, -0.1) is 0 Å². The molecule has 0 aliphatic carbocycles. The minimum atomic E-state index is -0.242. The highest BCUT2D eigenvalue weighted by molar-refractivity contribution is 5.18. The predicted octanol–water partition coefficient (Wildman–Crippen LogP) is 3.86. The van der Waals surface area contributed by atoms with E-state index in [9.17, 15) is 4.39 Å². The van der Waals surface area contributed by atoms with Crippen LogP contribution in [0.25, 0.3) is 0 Å². The average Bonchev–Trinajstić information content (AvgIpc) is 2.50. The minimum Gasteiger partial charge on any atom is -0.396 e. The first-order chi connectivity index (χ1) is 9.79. The topological polar surface area (TPSA) is 29.5 Å². The van der Waals surface area contributed by atoms with Gasteiger partial charge < -0.3 is 9.84 Å². The van der Waals surface area contributed by atoms with Crippen LogP contribution in [0.4, 0.5) is 4.39 Å². The maximum Gasteiger partial charge on any atom is 0.123 e. The van der Waals surface area contributed by atoms with Crippen molar-refractivity contribution in [1.29, 1.82) is 0 Å². The summed E-state index contributed by atoms with van der Waals surface area (Å²) in [5, 5.41) is 8.98. The monoisotopic (exact) mass is 274 g/mol. The van der Waals surface area contributed by atoms with E-state index in [0.29, 0.717) is 13.0 Å². The molecule has 0 heterocycles. The molecule has 3 heteroatoms. The Bertz CT molecular complexity index is 496. The number of ether oxygens (including phenoxy) is 1. The van der Waals surface area contributed by atoms with Gasteiger partial charge in [0.1, 0.15) is 5.82 Å². The third kappa shape index (κ3) is 4.44. The van der Waals surface area contributed by atoms with Crippen molar-refractivity contribution in [3.63, 3.8) is 0 Å². The van der Waals surface area contributed by atoms with Gasteiger partial charge >= 0.3 is 0 Å². The summed E-state index contributed by atoms with van der Waals surface area (Å²) < 4.78 is 18.8. The molecule has 2 aromatic rings. The number of aliphatic hydroxyl groups is 1. The first kappa shape index (κ1) is 14.7. The summed E-state index contributed by atoms with van der Waals surface area (Å²) in [6, 6.07) is 16.3. The molecule has 0 fully saturated rings. The van der Waals surface area contributed by atoms with Gasteiger partial charge in [-0.2, -0.15) is 0 Å². The number of rotatable bonds is 7. The second-order valence-corrected chi connectivity index (χ2v) is 4.70. The van der Waals surface area contributed by atoms with Crippen molar-refractivity contribution in [2.75, 3.05) is 6.61 Å². The van der Waals surface area contributed by atoms with Crippen molar-refractivity contribution in [3.8, 4) is 0 Å². The van der Waals surface area contributed by atoms with Gasteiger partial charge in [-0.1, -0.05) is 42.5 Å². The Morgan fingerprint density at radius 2 is 1.70 bits per heavy atom. The molecule has 0 bridgehead atoms. The normalized spacial score (nSPS) is 12.3. The fourth-order valence-electron chi connectivity index (χ4n) is 2.07. The van der Waals surface area contributed by atoms with Gasteiger partial charge in [0.25, 0.3) is 0 Å². The second-order valence-electron chi connectivity index (χ2n) is 4.70. The van der Waals surface area contributed by atoms with Crippen LogP contribution in [0.1, 0.15) is 30.1 Å². The molecule has 0 spiro atoms. The summed E-state index contributed by atoms with van der Waals surface area (Å²) >= 11 is 0. The fraction of sp³-hybridized carbons (Fsp3) is 0.294. The molecule has 1 atom stereocenters. The van der Waals surface area contributed by atoms with Crippen molar-refractivity contribution in [1.82, 2.24) is 0 Å². The maximum atomic E-state index is 12.8. The van der Waals surface area contributed by atoms with Gasteiger partial charge in [-0.05, 0) is 36.1 Å². The third-order valence-electron chi connectivity index (χ3n) is 3.16. The Kier molecular flexibility index (Phi) is 5.71. The SMILES string of the molecule is OCCCC(OCc1ccc(F)cc1)c1ccccc1. The lowest BCUT2D eigenvalue weighted by atomic mass is 10.0. The van der Waals surface area contributed by atoms with E-state index in [1.54, 1.807) is 12.1 Å². The van der Waals surface area contributed by atoms with E-state index in [1.807, 2.05) is 30.3 Å². The van der Waals surface area contributed by atoms with Crippen LogP contribution in [-0.4, -0.2) is 11.7 Å². The van der Waals surface area contributed by atoms with E-state index < -0.39 is 0 Å². The molecule has 0 saturated carbocycles. The molecular weight excluding hydrogens is 255 g/mol. The lowest BCUT2D eigenvalue weighted by Crippen LogP contribution is -2.06. The Morgan fingerprint density at radius 1 is 1.00 bits per heavy atom. The van der Waals surface area contributed by atoms with Gasteiger partial charge in [0.15, 0.2) is 0 Å². The molecule has 0 aromatic heterocycles. The van der Waals surface area contributed by atoms with Crippen molar-refractivity contribution >= 4 is 0 Å². The first-order valence-electron chi connectivity index (χ1n) is 6.81. The van der Waals surface area contributed by atoms with Crippen molar-refractivity contribution in [2.24, 2.45) is 0 Å². The van der Waals surface area contributed by atoms with Crippen molar-refractivity contribution < 1.29 is 14.2 Å². The van der Waals surface area contributed by atoms with Crippen LogP contribution in [0.15, 0.2) is 54.6 Å². The Morgan fingerprint density at radius 3 is 2.35 bits per heavy atom. The van der Waals surface area contributed by atoms with Crippen molar-refractivity contribution in [2.45, 2.75) is 25.6 Å². The molecule has 20 heavy (non-hydrogen) atoms. The summed E-state index contributed by atoms with van der Waals surface area (Å²) in [5.41, 5.74) is 2.04. The van der Waals surface area contributed by atoms with E-state index in [1.165, 1.54) is 12.1 Å². The van der Waals surface area contributed by atoms with Crippen molar-refractivity contribution in [3.05, 3.63) is 71.5 Å². The summed E-state index contributed by atoms with van der Waals surface area (Å²) in [6.45, 7) is 0.592. The number of hydrogen-bond acceptors (Lipinski definition) is 2. The molecule has 2 rings (SSSR count). The van der Waals surface area contributed by atoms with Crippen LogP contribution in [0.5, 0.6) is 0 Å². The average molecular weight is 274 g/mol. The molecule has 0 radical (unpaired) electrons.